The van der Waals surface area contributed by atoms with Gasteiger partial charge in [0.05, 0.1) is 11.1 Å². The maximum Gasteiger partial charge on any atom is 0.270 e. The fourth-order valence-corrected chi connectivity index (χ4v) is 3.02. The fraction of sp³-hybridized carbons (Fsp3) is 0.316. The van der Waals surface area contributed by atoms with Gasteiger partial charge in [-0.2, -0.15) is 5.10 Å². The van der Waals surface area contributed by atoms with Crippen LogP contribution in [0.1, 0.15) is 16.7 Å². The zero-order valence-electron chi connectivity index (χ0n) is 14.6. The van der Waals surface area contributed by atoms with Crippen LogP contribution in [-0.2, 0) is 6.54 Å². The summed E-state index contributed by atoms with van der Waals surface area (Å²) in [6.45, 7) is 6.51. The number of nitrogens with zero attached hydrogens (tertiary/aromatic N) is 4. The minimum absolute atomic E-state index is 0.0127. The standard InChI is InChI=1S/C19H21ClN4O2/c1-15-2-4-16(5-3-15)14-22-8-10-23(11-9-22)21-13-17-12-18(24(25)26)6-7-19(17)20/h2-7,12-13H,8-11,14H2,1H3. The van der Waals surface area contributed by atoms with Crippen molar-refractivity contribution in [2.24, 2.45) is 5.10 Å². The lowest BCUT2D eigenvalue weighted by Crippen LogP contribution is -2.43. The number of hydrogen-bond acceptors (Lipinski definition) is 5. The highest BCUT2D eigenvalue weighted by Crippen LogP contribution is 2.20. The molecule has 0 saturated carbocycles. The highest BCUT2D eigenvalue weighted by atomic mass is 35.5. The SMILES string of the molecule is Cc1ccc(CN2CCN(N=Cc3cc([N+](=O)[O-])ccc3Cl)CC2)cc1. The third kappa shape index (κ3) is 4.80. The van der Waals surface area contributed by atoms with Gasteiger partial charge in [-0.05, 0) is 18.6 Å². The average Bonchev–Trinajstić information content (AvgIpc) is 2.64. The average molecular weight is 373 g/mol. The Balaban J connectivity index is 1.55. The summed E-state index contributed by atoms with van der Waals surface area (Å²) in [5, 5.41) is 17.7. The summed E-state index contributed by atoms with van der Waals surface area (Å²) in [4.78, 5) is 12.8. The quantitative estimate of drug-likeness (QED) is 0.456. The molecule has 1 aliphatic heterocycles. The smallest absolute Gasteiger partial charge is 0.270 e. The van der Waals surface area contributed by atoms with Crippen LogP contribution in [0.4, 0.5) is 5.69 Å². The molecule has 1 saturated heterocycles. The number of aryl methyl sites for hydroxylation is 1. The van der Waals surface area contributed by atoms with Gasteiger partial charge >= 0.3 is 0 Å². The third-order valence-corrected chi connectivity index (χ3v) is 4.77. The summed E-state index contributed by atoms with van der Waals surface area (Å²) in [5.41, 5.74) is 3.16. The van der Waals surface area contributed by atoms with Crippen molar-refractivity contribution in [2.75, 3.05) is 26.2 Å². The number of rotatable bonds is 5. The van der Waals surface area contributed by atoms with Crippen molar-refractivity contribution in [1.29, 1.82) is 0 Å². The van der Waals surface area contributed by atoms with Crippen molar-refractivity contribution >= 4 is 23.5 Å². The molecule has 6 nitrogen and oxygen atoms in total. The number of hydrazone groups is 1. The third-order valence-electron chi connectivity index (χ3n) is 4.43. The Labute approximate surface area is 157 Å². The Morgan fingerprint density at radius 2 is 1.85 bits per heavy atom. The van der Waals surface area contributed by atoms with Crippen LogP contribution in [0.25, 0.3) is 0 Å². The van der Waals surface area contributed by atoms with Crippen LogP contribution < -0.4 is 0 Å². The normalized spacial score (nSPS) is 15.5. The van der Waals surface area contributed by atoms with Gasteiger partial charge < -0.3 is 0 Å². The van der Waals surface area contributed by atoms with E-state index < -0.39 is 4.92 Å². The summed E-state index contributed by atoms with van der Waals surface area (Å²) < 4.78 is 0. The molecule has 7 heteroatoms. The summed E-state index contributed by atoms with van der Waals surface area (Å²) >= 11 is 6.10. The molecule has 1 fully saturated rings. The van der Waals surface area contributed by atoms with Gasteiger partial charge in [-0.1, -0.05) is 41.4 Å². The Morgan fingerprint density at radius 1 is 1.15 bits per heavy atom. The summed E-state index contributed by atoms with van der Waals surface area (Å²) in [6.07, 6.45) is 1.60. The molecule has 2 aromatic carbocycles. The lowest BCUT2D eigenvalue weighted by Gasteiger charge is -2.33. The van der Waals surface area contributed by atoms with Crippen LogP contribution in [0.15, 0.2) is 47.6 Å². The number of piperazine rings is 1. The van der Waals surface area contributed by atoms with Crippen molar-refractivity contribution in [3.8, 4) is 0 Å². The molecule has 2 aromatic rings. The number of hydrogen-bond donors (Lipinski definition) is 0. The minimum atomic E-state index is -0.433. The maximum absolute atomic E-state index is 10.9. The van der Waals surface area contributed by atoms with E-state index in [1.54, 1.807) is 6.21 Å². The highest BCUT2D eigenvalue weighted by molar-refractivity contribution is 6.33. The van der Waals surface area contributed by atoms with Crippen LogP contribution in [-0.4, -0.2) is 47.2 Å². The van der Waals surface area contributed by atoms with Gasteiger partial charge in [0.1, 0.15) is 0 Å². The van der Waals surface area contributed by atoms with E-state index in [2.05, 4.69) is 41.2 Å². The van der Waals surface area contributed by atoms with Crippen LogP contribution in [0.3, 0.4) is 0 Å². The first-order valence-electron chi connectivity index (χ1n) is 8.52. The van der Waals surface area contributed by atoms with E-state index in [4.69, 9.17) is 11.6 Å². The molecule has 0 atom stereocenters. The predicted molar refractivity (Wildman–Crippen MR) is 104 cm³/mol. The summed E-state index contributed by atoms with van der Waals surface area (Å²) in [5.74, 6) is 0. The molecule has 3 rings (SSSR count). The van der Waals surface area contributed by atoms with Gasteiger partial charge in [-0.15, -0.1) is 0 Å². The molecule has 0 spiro atoms. The summed E-state index contributed by atoms with van der Waals surface area (Å²) in [6, 6.07) is 13.0. The van der Waals surface area contributed by atoms with Gasteiger partial charge in [0, 0.05) is 55.4 Å². The van der Waals surface area contributed by atoms with Crippen LogP contribution in [0.5, 0.6) is 0 Å². The Morgan fingerprint density at radius 3 is 2.50 bits per heavy atom. The van der Waals surface area contributed by atoms with E-state index in [-0.39, 0.29) is 5.69 Å². The van der Waals surface area contributed by atoms with Gasteiger partial charge in [-0.3, -0.25) is 20.0 Å². The monoisotopic (exact) mass is 372 g/mol. The molecular formula is C19H21ClN4O2. The molecule has 1 aliphatic rings. The van der Waals surface area contributed by atoms with Crippen LogP contribution in [0.2, 0.25) is 5.02 Å². The van der Waals surface area contributed by atoms with Gasteiger partial charge in [0.2, 0.25) is 0 Å². The van der Waals surface area contributed by atoms with E-state index in [9.17, 15) is 10.1 Å². The molecule has 0 N–H and O–H groups in total. The van der Waals surface area contributed by atoms with Crippen LogP contribution in [0, 0.1) is 17.0 Å². The zero-order valence-corrected chi connectivity index (χ0v) is 15.4. The zero-order chi connectivity index (χ0) is 18.5. The molecule has 0 unspecified atom stereocenters. The van der Waals surface area contributed by atoms with Crippen molar-refractivity contribution in [3.63, 3.8) is 0 Å². The van der Waals surface area contributed by atoms with E-state index in [0.29, 0.717) is 10.6 Å². The van der Waals surface area contributed by atoms with E-state index >= 15 is 0 Å². The molecule has 1 heterocycles. The van der Waals surface area contributed by atoms with Crippen molar-refractivity contribution in [2.45, 2.75) is 13.5 Å². The lowest BCUT2D eigenvalue weighted by molar-refractivity contribution is -0.384. The van der Waals surface area contributed by atoms with E-state index in [1.165, 1.54) is 29.3 Å². The molecule has 136 valence electrons. The molecule has 26 heavy (non-hydrogen) atoms. The fourth-order valence-electron chi connectivity index (χ4n) is 2.85. The van der Waals surface area contributed by atoms with Crippen molar-refractivity contribution in [1.82, 2.24) is 9.91 Å². The molecule has 0 aromatic heterocycles. The largest absolute Gasteiger partial charge is 0.295 e. The molecule has 0 radical (unpaired) electrons. The second-order valence-electron chi connectivity index (χ2n) is 6.42. The lowest BCUT2D eigenvalue weighted by atomic mass is 10.1. The maximum atomic E-state index is 10.9. The molecule has 0 amide bonds. The minimum Gasteiger partial charge on any atom is -0.295 e. The number of nitro groups is 1. The second kappa shape index (κ2) is 8.29. The van der Waals surface area contributed by atoms with E-state index in [0.717, 1.165) is 32.7 Å². The topological polar surface area (TPSA) is 62.0 Å². The Kier molecular flexibility index (Phi) is 5.85. The molecule has 0 bridgehead atoms. The Bertz CT molecular complexity index is 800. The first-order valence-corrected chi connectivity index (χ1v) is 8.90. The number of nitro benzene ring substituents is 1. The summed E-state index contributed by atoms with van der Waals surface area (Å²) in [7, 11) is 0. The highest BCUT2D eigenvalue weighted by Gasteiger charge is 2.16. The molecular weight excluding hydrogens is 352 g/mol. The Hall–Kier alpha value is -2.44. The first-order chi connectivity index (χ1) is 12.5. The van der Waals surface area contributed by atoms with Gasteiger partial charge in [0.15, 0.2) is 0 Å². The molecule has 0 aliphatic carbocycles. The number of halogens is 1. The van der Waals surface area contributed by atoms with E-state index in [1.807, 2.05) is 5.01 Å². The number of benzene rings is 2. The first kappa shape index (κ1) is 18.4. The number of non-ortho nitro benzene ring substituents is 1. The predicted octanol–water partition coefficient (Wildman–Crippen LogP) is 3.71. The second-order valence-corrected chi connectivity index (χ2v) is 6.83. The van der Waals surface area contributed by atoms with Crippen molar-refractivity contribution < 1.29 is 4.92 Å². The van der Waals surface area contributed by atoms with Crippen molar-refractivity contribution in [3.05, 3.63) is 74.3 Å². The van der Waals surface area contributed by atoms with Gasteiger partial charge in [-0.25, -0.2) is 0 Å². The van der Waals surface area contributed by atoms with Gasteiger partial charge in [0.25, 0.3) is 5.69 Å². The van der Waals surface area contributed by atoms with Crippen LogP contribution >= 0.6 is 11.6 Å².